The third-order valence-corrected chi connectivity index (χ3v) is 4.62. The maximum absolute atomic E-state index is 13.1. The van der Waals surface area contributed by atoms with E-state index in [1.54, 1.807) is 30.3 Å². The van der Waals surface area contributed by atoms with Crippen LogP contribution in [-0.4, -0.2) is 65.5 Å². The number of nitrogens with zero attached hydrogens (tertiary/aromatic N) is 2. The van der Waals surface area contributed by atoms with E-state index >= 15 is 0 Å². The van der Waals surface area contributed by atoms with Crippen LogP contribution in [0.25, 0.3) is 0 Å². The fraction of sp³-hybridized carbons (Fsp3) is 0.316. The van der Waals surface area contributed by atoms with Gasteiger partial charge in [0, 0.05) is 12.1 Å². The SMILES string of the molecule is COC(=O)c1[nH]nc(C(=O)[C@@H]2CCCN2C(=O)c2ccccc2)c1C(=O)OC. The van der Waals surface area contributed by atoms with Crippen molar-refractivity contribution in [3.05, 3.63) is 52.8 Å². The number of esters is 2. The summed E-state index contributed by atoms with van der Waals surface area (Å²) in [6.07, 6.45) is 1.06. The molecule has 3 rings (SSSR count). The van der Waals surface area contributed by atoms with Gasteiger partial charge in [-0.3, -0.25) is 14.7 Å². The minimum Gasteiger partial charge on any atom is -0.465 e. The first-order valence-corrected chi connectivity index (χ1v) is 8.64. The number of aromatic nitrogens is 2. The quantitative estimate of drug-likeness (QED) is 0.611. The van der Waals surface area contributed by atoms with Gasteiger partial charge in [0.1, 0.15) is 11.3 Å². The molecule has 1 aromatic heterocycles. The summed E-state index contributed by atoms with van der Waals surface area (Å²) in [5.41, 5.74) is -0.340. The number of rotatable bonds is 5. The number of ketones is 1. The van der Waals surface area contributed by atoms with Gasteiger partial charge in [-0.05, 0) is 25.0 Å². The number of Topliss-reactive ketones (excluding diaryl/α,β-unsaturated/α-hetero) is 1. The molecule has 1 atom stereocenters. The molecule has 1 amide bonds. The molecule has 2 heterocycles. The number of hydrogen-bond donors (Lipinski definition) is 1. The molecule has 1 aliphatic heterocycles. The summed E-state index contributed by atoms with van der Waals surface area (Å²) in [6, 6.07) is 7.84. The first kappa shape index (κ1) is 19.3. The van der Waals surface area contributed by atoms with Crippen molar-refractivity contribution in [3.63, 3.8) is 0 Å². The topological polar surface area (TPSA) is 119 Å². The lowest BCUT2D eigenvalue weighted by atomic mass is 10.0. The van der Waals surface area contributed by atoms with Gasteiger partial charge in [0.05, 0.1) is 20.3 Å². The number of carbonyl (C=O) groups is 4. The highest BCUT2D eigenvalue weighted by molar-refractivity contribution is 6.13. The van der Waals surface area contributed by atoms with Crippen LogP contribution in [-0.2, 0) is 9.47 Å². The molecule has 0 unspecified atom stereocenters. The van der Waals surface area contributed by atoms with E-state index in [1.807, 2.05) is 0 Å². The number of carbonyl (C=O) groups excluding carboxylic acids is 4. The van der Waals surface area contributed by atoms with Crippen molar-refractivity contribution in [3.8, 4) is 0 Å². The molecule has 0 saturated carbocycles. The highest BCUT2D eigenvalue weighted by Crippen LogP contribution is 2.25. The van der Waals surface area contributed by atoms with Crippen LogP contribution in [0, 0.1) is 0 Å². The molecule has 146 valence electrons. The van der Waals surface area contributed by atoms with Gasteiger partial charge in [0.2, 0.25) is 5.78 Å². The number of likely N-dealkylation sites (tertiary alicyclic amines) is 1. The molecule has 0 spiro atoms. The number of nitrogens with one attached hydrogen (secondary N) is 1. The summed E-state index contributed by atoms with van der Waals surface area (Å²) >= 11 is 0. The Balaban J connectivity index is 1.95. The molecule has 9 heteroatoms. The fourth-order valence-electron chi connectivity index (χ4n) is 3.26. The van der Waals surface area contributed by atoms with E-state index in [0.29, 0.717) is 24.9 Å². The van der Waals surface area contributed by atoms with Crippen LogP contribution in [0.1, 0.15) is 54.5 Å². The van der Waals surface area contributed by atoms with E-state index in [2.05, 4.69) is 19.7 Å². The van der Waals surface area contributed by atoms with E-state index in [0.717, 1.165) is 14.2 Å². The zero-order chi connectivity index (χ0) is 20.3. The molecule has 1 fully saturated rings. The molecule has 1 N–H and O–H groups in total. The average Bonchev–Trinajstić information content (AvgIpc) is 3.39. The van der Waals surface area contributed by atoms with E-state index in [-0.39, 0.29) is 22.9 Å². The number of H-pyrrole nitrogens is 1. The second-order valence-corrected chi connectivity index (χ2v) is 6.19. The lowest BCUT2D eigenvalue weighted by Crippen LogP contribution is -2.41. The first-order valence-electron chi connectivity index (χ1n) is 8.64. The third kappa shape index (κ3) is 3.38. The average molecular weight is 385 g/mol. The lowest BCUT2D eigenvalue weighted by molar-refractivity contribution is 0.0549. The van der Waals surface area contributed by atoms with Gasteiger partial charge < -0.3 is 14.4 Å². The number of aromatic amines is 1. The predicted octanol–water partition coefficient (Wildman–Crippen LogP) is 1.47. The predicted molar refractivity (Wildman–Crippen MR) is 96.1 cm³/mol. The van der Waals surface area contributed by atoms with Crippen LogP contribution in [0.2, 0.25) is 0 Å². The van der Waals surface area contributed by atoms with Crippen LogP contribution in [0.5, 0.6) is 0 Å². The van der Waals surface area contributed by atoms with E-state index in [1.165, 1.54) is 4.90 Å². The number of amides is 1. The molecule has 1 aromatic carbocycles. The van der Waals surface area contributed by atoms with Crippen molar-refractivity contribution in [2.45, 2.75) is 18.9 Å². The summed E-state index contributed by atoms with van der Waals surface area (Å²) in [5.74, 6) is -2.56. The maximum Gasteiger partial charge on any atom is 0.357 e. The lowest BCUT2D eigenvalue weighted by Gasteiger charge is -2.23. The van der Waals surface area contributed by atoms with Crippen LogP contribution >= 0.6 is 0 Å². The molecule has 1 saturated heterocycles. The molecular formula is C19H19N3O6. The Hall–Kier alpha value is -3.49. The summed E-state index contributed by atoms with van der Waals surface area (Å²) in [6.45, 7) is 0.409. The van der Waals surface area contributed by atoms with Crippen LogP contribution in [0.3, 0.4) is 0 Å². The highest BCUT2D eigenvalue weighted by Gasteiger charge is 2.39. The third-order valence-electron chi connectivity index (χ3n) is 4.62. The zero-order valence-electron chi connectivity index (χ0n) is 15.4. The van der Waals surface area contributed by atoms with Crippen molar-refractivity contribution in [1.29, 1.82) is 0 Å². The standard InChI is InChI=1S/C19H19N3O6/c1-27-18(25)13-14(20-21-15(13)19(26)28-2)16(23)12-9-6-10-22(12)17(24)11-7-4-3-5-8-11/h3-5,7-8,12H,6,9-10H2,1-2H3,(H,20,21)/t12-/m0/s1. The van der Waals surface area contributed by atoms with Crippen LogP contribution in [0.15, 0.2) is 30.3 Å². The Labute approximate surface area is 160 Å². The Morgan fingerprint density at radius 2 is 1.75 bits per heavy atom. The van der Waals surface area contributed by atoms with E-state index in [4.69, 9.17) is 0 Å². The van der Waals surface area contributed by atoms with Crippen molar-refractivity contribution in [2.24, 2.45) is 0 Å². The van der Waals surface area contributed by atoms with Gasteiger partial charge in [-0.25, -0.2) is 9.59 Å². The van der Waals surface area contributed by atoms with Gasteiger partial charge in [-0.2, -0.15) is 5.10 Å². The van der Waals surface area contributed by atoms with Gasteiger partial charge in [-0.1, -0.05) is 18.2 Å². The van der Waals surface area contributed by atoms with E-state index in [9.17, 15) is 19.2 Å². The minimum atomic E-state index is -0.892. The van der Waals surface area contributed by atoms with Gasteiger partial charge in [0.25, 0.3) is 5.91 Å². The summed E-state index contributed by atoms with van der Waals surface area (Å²) in [4.78, 5) is 51.5. The first-order chi connectivity index (χ1) is 13.5. The van der Waals surface area contributed by atoms with Crippen molar-refractivity contribution in [1.82, 2.24) is 15.1 Å². The molecule has 0 bridgehead atoms. The molecular weight excluding hydrogens is 366 g/mol. The second-order valence-electron chi connectivity index (χ2n) is 6.19. The maximum atomic E-state index is 13.1. The summed E-state index contributed by atoms with van der Waals surface area (Å²) in [7, 11) is 2.27. The Bertz CT molecular complexity index is 921. The summed E-state index contributed by atoms with van der Waals surface area (Å²) in [5, 5.41) is 6.22. The molecule has 28 heavy (non-hydrogen) atoms. The number of hydrogen-bond acceptors (Lipinski definition) is 7. The summed E-state index contributed by atoms with van der Waals surface area (Å²) < 4.78 is 9.30. The van der Waals surface area contributed by atoms with Crippen LogP contribution < -0.4 is 0 Å². The monoisotopic (exact) mass is 385 g/mol. The smallest absolute Gasteiger partial charge is 0.357 e. The second kappa shape index (κ2) is 8.03. The van der Waals surface area contributed by atoms with Gasteiger partial charge in [0.15, 0.2) is 5.69 Å². The molecule has 9 nitrogen and oxygen atoms in total. The van der Waals surface area contributed by atoms with E-state index < -0.39 is 23.8 Å². The fourth-order valence-corrected chi connectivity index (χ4v) is 3.26. The highest BCUT2D eigenvalue weighted by atomic mass is 16.5. The normalized spacial score (nSPS) is 15.9. The van der Waals surface area contributed by atoms with Gasteiger partial charge in [-0.15, -0.1) is 0 Å². The Morgan fingerprint density at radius 3 is 2.39 bits per heavy atom. The number of ether oxygens (including phenoxy) is 2. The van der Waals surface area contributed by atoms with Crippen molar-refractivity contribution in [2.75, 3.05) is 20.8 Å². The Kier molecular flexibility index (Phi) is 5.53. The van der Waals surface area contributed by atoms with Crippen molar-refractivity contribution < 1.29 is 28.7 Å². The number of methoxy groups -OCH3 is 2. The number of benzene rings is 1. The zero-order valence-corrected chi connectivity index (χ0v) is 15.4. The van der Waals surface area contributed by atoms with Crippen LogP contribution in [0.4, 0.5) is 0 Å². The minimum absolute atomic E-state index is 0.245. The largest absolute Gasteiger partial charge is 0.465 e. The molecule has 1 aliphatic rings. The van der Waals surface area contributed by atoms with Gasteiger partial charge >= 0.3 is 11.9 Å². The Morgan fingerprint density at radius 1 is 1.07 bits per heavy atom. The molecule has 0 aliphatic carbocycles. The molecule has 0 radical (unpaired) electrons. The van der Waals surface area contributed by atoms with Crippen molar-refractivity contribution >= 4 is 23.6 Å². The molecule has 2 aromatic rings.